The second-order valence-corrected chi connectivity index (χ2v) is 7.99. The van der Waals surface area contributed by atoms with E-state index in [1.54, 1.807) is 6.07 Å². The number of aromatic nitrogens is 2. The average molecular weight is 398 g/mol. The summed E-state index contributed by atoms with van der Waals surface area (Å²) in [6.07, 6.45) is 5.91. The molecular weight excluding hydrogens is 376 g/mol. The fraction of sp³-hybridized carbons (Fsp3) is 0.292. The minimum atomic E-state index is -0.539. The molecule has 0 amide bonds. The molecule has 5 rings (SSSR count). The van der Waals surface area contributed by atoms with Crippen LogP contribution in [0.1, 0.15) is 41.2 Å². The molecular formula is C24H22N4O2. The molecule has 2 aliphatic rings. The van der Waals surface area contributed by atoms with Gasteiger partial charge in [0.2, 0.25) is 0 Å². The highest BCUT2D eigenvalue weighted by Crippen LogP contribution is 2.49. The number of nitrogens with zero attached hydrogens (tertiary/aromatic N) is 4. The van der Waals surface area contributed by atoms with Gasteiger partial charge in [0.15, 0.2) is 6.29 Å². The lowest BCUT2D eigenvalue weighted by Gasteiger charge is -2.39. The van der Waals surface area contributed by atoms with E-state index in [2.05, 4.69) is 22.3 Å². The van der Waals surface area contributed by atoms with Gasteiger partial charge in [-0.2, -0.15) is 10.4 Å². The van der Waals surface area contributed by atoms with Crippen LogP contribution < -0.4 is 0 Å². The number of rotatable bonds is 4. The highest BCUT2D eigenvalue weighted by Gasteiger charge is 2.46. The zero-order chi connectivity index (χ0) is 20.6. The molecule has 3 heterocycles. The van der Waals surface area contributed by atoms with Crippen LogP contribution in [0.3, 0.4) is 0 Å². The highest BCUT2D eigenvalue weighted by molar-refractivity contribution is 5.64. The van der Waals surface area contributed by atoms with Crippen LogP contribution in [0.2, 0.25) is 0 Å². The van der Waals surface area contributed by atoms with Crippen molar-refractivity contribution in [1.29, 1.82) is 5.26 Å². The van der Waals surface area contributed by atoms with Crippen LogP contribution in [0.5, 0.6) is 0 Å². The Morgan fingerprint density at radius 1 is 1.20 bits per heavy atom. The summed E-state index contributed by atoms with van der Waals surface area (Å²) in [5.74, 6) is 0. The van der Waals surface area contributed by atoms with E-state index in [1.165, 1.54) is 5.56 Å². The first-order valence-corrected chi connectivity index (χ1v) is 10.2. The standard InChI is InChI=1S/C24H22N4O2/c25-13-18-6-7-21-22(12-18)24(30-23(21)17-29)8-10-27(11-9-24)15-19-14-26-28(16-19)20-4-2-1-3-5-20/h1-7,12,14,16-17,23H,8-11,15H2. The summed E-state index contributed by atoms with van der Waals surface area (Å²) in [7, 11) is 0. The Morgan fingerprint density at radius 3 is 2.73 bits per heavy atom. The van der Waals surface area contributed by atoms with Crippen molar-refractivity contribution in [3.63, 3.8) is 0 Å². The van der Waals surface area contributed by atoms with Gasteiger partial charge in [0.25, 0.3) is 0 Å². The number of likely N-dealkylation sites (tertiary alicyclic amines) is 1. The topological polar surface area (TPSA) is 71.2 Å². The molecule has 0 N–H and O–H groups in total. The third-order valence-corrected chi connectivity index (χ3v) is 6.18. The van der Waals surface area contributed by atoms with Crippen LogP contribution >= 0.6 is 0 Å². The van der Waals surface area contributed by atoms with Crippen molar-refractivity contribution in [2.75, 3.05) is 13.1 Å². The largest absolute Gasteiger partial charge is 0.355 e. The number of hydrogen-bond acceptors (Lipinski definition) is 5. The highest BCUT2D eigenvalue weighted by atomic mass is 16.5. The normalized spacial score (nSPS) is 20.0. The van der Waals surface area contributed by atoms with Crippen LogP contribution in [0.4, 0.5) is 0 Å². The third-order valence-electron chi connectivity index (χ3n) is 6.18. The Balaban J connectivity index is 1.30. The maximum Gasteiger partial charge on any atom is 0.153 e. The van der Waals surface area contributed by atoms with E-state index in [-0.39, 0.29) is 0 Å². The van der Waals surface area contributed by atoms with E-state index >= 15 is 0 Å². The van der Waals surface area contributed by atoms with Gasteiger partial charge < -0.3 is 9.53 Å². The minimum absolute atomic E-state index is 0.474. The maximum absolute atomic E-state index is 11.6. The van der Waals surface area contributed by atoms with Gasteiger partial charge in [0.05, 0.1) is 29.1 Å². The average Bonchev–Trinajstić information content (AvgIpc) is 3.39. The van der Waals surface area contributed by atoms with E-state index in [4.69, 9.17) is 4.74 Å². The fourth-order valence-electron chi connectivity index (χ4n) is 4.62. The quantitative estimate of drug-likeness (QED) is 0.629. The molecule has 1 spiro atoms. The first-order chi connectivity index (χ1) is 14.7. The number of nitriles is 1. The lowest BCUT2D eigenvalue weighted by molar-refractivity contribution is -0.137. The molecule has 6 heteroatoms. The van der Waals surface area contributed by atoms with Gasteiger partial charge in [0, 0.05) is 31.4 Å². The number of aldehydes is 1. The molecule has 0 saturated carbocycles. The number of para-hydroxylation sites is 1. The lowest BCUT2D eigenvalue weighted by atomic mass is 9.82. The van der Waals surface area contributed by atoms with Crippen molar-refractivity contribution in [3.8, 4) is 11.8 Å². The first kappa shape index (κ1) is 18.7. The van der Waals surface area contributed by atoms with E-state index in [1.807, 2.05) is 53.3 Å². The monoisotopic (exact) mass is 398 g/mol. The predicted molar refractivity (Wildman–Crippen MR) is 111 cm³/mol. The van der Waals surface area contributed by atoms with Crippen molar-refractivity contribution >= 4 is 6.29 Å². The summed E-state index contributed by atoms with van der Waals surface area (Å²) in [4.78, 5) is 14.0. The molecule has 1 atom stereocenters. The SMILES string of the molecule is N#Cc1ccc2c(c1)C1(CCN(Cc3cnn(-c4ccccc4)c3)CC1)OC2C=O. The van der Waals surface area contributed by atoms with Gasteiger partial charge in [-0.15, -0.1) is 0 Å². The zero-order valence-corrected chi connectivity index (χ0v) is 16.6. The molecule has 0 aliphatic carbocycles. The van der Waals surface area contributed by atoms with Crippen LogP contribution in [-0.2, 0) is 21.7 Å². The molecule has 0 bridgehead atoms. The van der Waals surface area contributed by atoms with Gasteiger partial charge in [-0.1, -0.05) is 24.3 Å². The first-order valence-electron chi connectivity index (χ1n) is 10.2. The van der Waals surface area contributed by atoms with Crippen molar-refractivity contribution < 1.29 is 9.53 Å². The second kappa shape index (κ2) is 7.52. The summed E-state index contributed by atoms with van der Waals surface area (Å²) in [5, 5.41) is 13.8. The van der Waals surface area contributed by atoms with E-state index in [0.717, 1.165) is 55.6 Å². The number of carbonyl (C=O) groups is 1. The lowest BCUT2D eigenvalue weighted by Crippen LogP contribution is -2.42. The van der Waals surface area contributed by atoms with E-state index in [9.17, 15) is 10.1 Å². The summed E-state index contributed by atoms with van der Waals surface area (Å²) < 4.78 is 8.15. The van der Waals surface area contributed by atoms with Crippen molar-refractivity contribution in [2.45, 2.75) is 31.1 Å². The smallest absolute Gasteiger partial charge is 0.153 e. The van der Waals surface area contributed by atoms with Crippen molar-refractivity contribution in [2.24, 2.45) is 0 Å². The second-order valence-electron chi connectivity index (χ2n) is 7.99. The van der Waals surface area contributed by atoms with Gasteiger partial charge in [-0.25, -0.2) is 4.68 Å². The van der Waals surface area contributed by atoms with Gasteiger partial charge in [-0.3, -0.25) is 4.90 Å². The molecule has 1 unspecified atom stereocenters. The molecule has 2 aromatic carbocycles. The zero-order valence-electron chi connectivity index (χ0n) is 16.6. The minimum Gasteiger partial charge on any atom is -0.355 e. The van der Waals surface area contributed by atoms with Crippen LogP contribution in [-0.4, -0.2) is 34.1 Å². The number of benzene rings is 2. The number of hydrogen-bond donors (Lipinski definition) is 0. The molecule has 30 heavy (non-hydrogen) atoms. The molecule has 1 saturated heterocycles. The Hall–Kier alpha value is -3.27. The molecule has 2 aliphatic heterocycles. The summed E-state index contributed by atoms with van der Waals surface area (Å²) in [5.41, 5.74) is 4.26. The van der Waals surface area contributed by atoms with E-state index < -0.39 is 11.7 Å². The number of fused-ring (bicyclic) bond motifs is 2. The molecule has 1 fully saturated rings. The molecule has 6 nitrogen and oxygen atoms in total. The Kier molecular flexibility index (Phi) is 4.70. The number of ether oxygens (including phenoxy) is 1. The van der Waals surface area contributed by atoms with Crippen molar-refractivity contribution in [3.05, 3.63) is 83.2 Å². The van der Waals surface area contributed by atoms with Gasteiger partial charge in [0.1, 0.15) is 6.10 Å². The molecule has 0 radical (unpaired) electrons. The Labute approximate surface area is 175 Å². The maximum atomic E-state index is 11.6. The van der Waals surface area contributed by atoms with Crippen LogP contribution in [0.25, 0.3) is 5.69 Å². The van der Waals surface area contributed by atoms with Gasteiger partial charge >= 0.3 is 0 Å². The number of piperidine rings is 1. The summed E-state index contributed by atoms with van der Waals surface area (Å²) in [6, 6.07) is 17.8. The molecule has 1 aromatic heterocycles. The Bertz CT molecular complexity index is 1110. The summed E-state index contributed by atoms with van der Waals surface area (Å²) >= 11 is 0. The van der Waals surface area contributed by atoms with Crippen LogP contribution in [0.15, 0.2) is 60.9 Å². The van der Waals surface area contributed by atoms with Crippen LogP contribution in [0, 0.1) is 11.3 Å². The fourth-order valence-corrected chi connectivity index (χ4v) is 4.62. The van der Waals surface area contributed by atoms with E-state index in [0.29, 0.717) is 5.56 Å². The van der Waals surface area contributed by atoms with Crippen molar-refractivity contribution in [1.82, 2.24) is 14.7 Å². The Morgan fingerprint density at radius 2 is 2.00 bits per heavy atom. The summed E-state index contributed by atoms with van der Waals surface area (Å²) in [6.45, 7) is 2.54. The number of carbonyl (C=O) groups excluding carboxylic acids is 1. The third kappa shape index (κ3) is 3.22. The molecule has 150 valence electrons. The predicted octanol–water partition coefficient (Wildman–Crippen LogP) is 3.51. The molecule has 3 aromatic rings. The van der Waals surface area contributed by atoms with Gasteiger partial charge in [-0.05, 0) is 48.2 Å².